The van der Waals surface area contributed by atoms with Crippen molar-refractivity contribution in [1.82, 2.24) is 10.2 Å². The Hall–Kier alpha value is -2.73. The van der Waals surface area contributed by atoms with Gasteiger partial charge in [-0.05, 0) is 42.7 Å². The lowest BCUT2D eigenvalue weighted by molar-refractivity contribution is -0.131. The van der Waals surface area contributed by atoms with Crippen LogP contribution in [-0.4, -0.2) is 30.1 Å². The summed E-state index contributed by atoms with van der Waals surface area (Å²) in [4.78, 5) is 27.0. The fourth-order valence-corrected chi connectivity index (χ4v) is 4.00. The van der Waals surface area contributed by atoms with Gasteiger partial charge in [0.2, 0.25) is 0 Å². The number of urea groups is 1. The molecule has 2 aromatic carbocycles. The average Bonchev–Trinajstić information content (AvgIpc) is 2.84. The highest BCUT2D eigenvalue weighted by Gasteiger charge is 2.49. The number of halogens is 1. The molecule has 3 amide bonds. The quantitative estimate of drug-likeness (QED) is 0.796. The molecule has 1 N–H and O–H groups in total. The third-order valence-electron chi connectivity index (χ3n) is 5.16. The van der Waals surface area contributed by atoms with E-state index in [0.29, 0.717) is 35.3 Å². The maximum absolute atomic E-state index is 13.2. The van der Waals surface area contributed by atoms with Crippen LogP contribution in [0.2, 0.25) is 5.02 Å². The largest absolute Gasteiger partial charge is 0.489 e. The second-order valence-corrected chi connectivity index (χ2v) is 7.62. The number of hydrogen-bond acceptors (Lipinski definition) is 4. The van der Waals surface area contributed by atoms with E-state index in [1.54, 1.807) is 19.1 Å². The normalized spacial score (nSPS) is 21.5. The van der Waals surface area contributed by atoms with Crippen LogP contribution in [0.1, 0.15) is 30.0 Å². The summed E-state index contributed by atoms with van der Waals surface area (Å²) in [6.07, 6.45) is 0.766. The second kappa shape index (κ2) is 7.02. The topological polar surface area (TPSA) is 67.9 Å². The molecule has 2 heterocycles. The fourth-order valence-electron chi connectivity index (χ4n) is 3.72. The monoisotopic (exact) mass is 400 g/mol. The van der Waals surface area contributed by atoms with Gasteiger partial charge in [0.25, 0.3) is 5.91 Å². The van der Waals surface area contributed by atoms with Crippen molar-refractivity contribution in [1.29, 1.82) is 0 Å². The summed E-state index contributed by atoms with van der Waals surface area (Å²) in [6, 6.07) is 10.6. The van der Waals surface area contributed by atoms with Crippen LogP contribution >= 0.6 is 11.6 Å². The van der Waals surface area contributed by atoms with Gasteiger partial charge in [-0.3, -0.25) is 9.69 Å². The van der Waals surface area contributed by atoms with Gasteiger partial charge in [0.1, 0.15) is 5.54 Å². The van der Waals surface area contributed by atoms with Crippen LogP contribution in [0.5, 0.6) is 11.5 Å². The summed E-state index contributed by atoms with van der Waals surface area (Å²) < 4.78 is 11.3. The van der Waals surface area contributed by atoms with Gasteiger partial charge >= 0.3 is 6.03 Å². The lowest BCUT2D eigenvalue weighted by Gasteiger charge is -2.24. The molecule has 0 radical (unpaired) electrons. The van der Waals surface area contributed by atoms with Gasteiger partial charge < -0.3 is 14.8 Å². The number of hydrogen-bond donors (Lipinski definition) is 1. The molecule has 7 heteroatoms. The number of carbonyl (C=O) groups excluding carboxylic acids is 2. The Morgan fingerprint density at radius 2 is 1.93 bits per heavy atom. The molecule has 0 spiro atoms. The van der Waals surface area contributed by atoms with Crippen LogP contribution < -0.4 is 14.8 Å². The first kappa shape index (κ1) is 18.6. The number of nitrogens with one attached hydrogen (secondary N) is 1. The average molecular weight is 401 g/mol. The number of amides is 3. The Balaban J connectivity index is 1.63. The third kappa shape index (κ3) is 3.07. The second-order valence-electron chi connectivity index (χ2n) is 7.22. The number of benzene rings is 2. The minimum absolute atomic E-state index is 0.0997. The van der Waals surface area contributed by atoms with Gasteiger partial charge in [0.15, 0.2) is 11.5 Å². The molecule has 0 aliphatic carbocycles. The Bertz CT molecular complexity index is 961. The van der Waals surface area contributed by atoms with Crippen molar-refractivity contribution in [2.75, 3.05) is 13.2 Å². The molecule has 6 nitrogen and oxygen atoms in total. The lowest BCUT2D eigenvalue weighted by Crippen LogP contribution is -2.41. The molecule has 0 aromatic heterocycles. The summed E-state index contributed by atoms with van der Waals surface area (Å²) in [5.74, 6) is 0.744. The Labute approximate surface area is 168 Å². The molecule has 2 aliphatic heterocycles. The highest BCUT2D eigenvalue weighted by atomic mass is 35.5. The smallest absolute Gasteiger partial charge is 0.325 e. The van der Waals surface area contributed by atoms with Crippen molar-refractivity contribution in [3.8, 4) is 11.5 Å². The molecule has 0 bridgehead atoms. The van der Waals surface area contributed by atoms with E-state index >= 15 is 0 Å². The molecular formula is C21H21ClN2O4. The third-order valence-corrected chi connectivity index (χ3v) is 5.44. The fraction of sp³-hybridized carbons (Fsp3) is 0.333. The minimum Gasteiger partial charge on any atom is -0.489 e. The summed E-state index contributed by atoms with van der Waals surface area (Å²) >= 11 is 6.34. The van der Waals surface area contributed by atoms with Crippen molar-refractivity contribution in [3.05, 3.63) is 58.1 Å². The molecular weight excluding hydrogens is 380 g/mol. The molecule has 4 rings (SSSR count). The molecule has 1 saturated heterocycles. The van der Waals surface area contributed by atoms with Crippen molar-refractivity contribution in [3.63, 3.8) is 0 Å². The molecule has 1 atom stereocenters. The number of ether oxygens (including phenoxy) is 2. The molecule has 1 unspecified atom stereocenters. The molecule has 1 fully saturated rings. The van der Waals surface area contributed by atoms with Crippen LogP contribution in [0.4, 0.5) is 4.79 Å². The minimum atomic E-state index is -1.10. The van der Waals surface area contributed by atoms with Crippen molar-refractivity contribution < 1.29 is 19.1 Å². The van der Waals surface area contributed by atoms with Crippen LogP contribution in [0, 0.1) is 6.92 Å². The summed E-state index contributed by atoms with van der Waals surface area (Å²) in [7, 11) is 0. The van der Waals surface area contributed by atoms with Crippen LogP contribution in [-0.2, 0) is 16.9 Å². The number of carbonyl (C=O) groups is 2. The van der Waals surface area contributed by atoms with Gasteiger partial charge in [-0.1, -0.05) is 35.9 Å². The first-order chi connectivity index (χ1) is 13.4. The van der Waals surface area contributed by atoms with E-state index in [4.69, 9.17) is 21.1 Å². The van der Waals surface area contributed by atoms with E-state index in [1.807, 2.05) is 31.2 Å². The number of rotatable bonds is 3. The van der Waals surface area contributed by atoms with E-state index in [9.17, 15) is 9.59 Å². The zero-order chi connectivity index (χ0) is 19.9. The zero-order valence-corrected chi connectivity index (χ0v) is 16.5. The van der Waals surface area contributed by atoms with Gasteiger partial charge in [-0.15, -0.1) is 0 Å². The van der Waals surface area contributed by atoms with Gasteiger partial charge in [-0.2, -0.15) is 0 Å². The Morgan fingerprint density at radius 1 is 1.18 bits per heavy atom. The number of fused-ring (bicyclic) bond motifs is 1. The molecule has 146 valence electrons. The highest BCUT2D eigenvalue weighted by molar-refractivity contribution is 6.32. The van der Waals surface area contributed by atoms with Crippen molar-refractivity contribution in [2.24, 2.45) is 0 Å². The summed E-state index contributed by atoms with van der Waals surface area (Å²) in [5.41, 5.74) is 1.33. The van der Waals surface area contributed by atoms with Crippen molar-refractivity contribution >= 4 is 23.5 Å². The molecule has 28 heavy (non-hydrogen) atoms. The van der Waals surface area contributed by atoms with Gasteiger partial charge in [0, 0.05) is 6.42 Å². The molecule has 2 aliphatic rings. The number of aryl methyl sites for hydroxylation is 1. The van der Waals surface area contributed by atoms with E-state index in [-0.39, 0.29) is 12.5 Å². The standard InChI is InChI=1S/C21H21ClN2O4/c1-13-6-3-4-7-15(13)21(2)19(25)24(20(26)23-21)12-14-10-16(22)18-17(11-14)27-8-5-9-28-18/h3-4,6-7,10-11H,5,8-9,12H2,1-2H3,(H,23,26). The van der Waals surface area contributed by atoms with E-state index in [1.165, 1.54) is 4.90 Å². The maximum atomic E-state index is 13.2. The predicted octanol–water partition coefficient (Wildman–Crippen LogP) is 3.78. The zero-order valence-electron chi connectivity index (χ0n) is 15.8. The Morgan fingerprint density at radius 3 is 2.71 bits per heavy atom. The van der Waals surface area contributed by atoms with Crippen LogP contribution in [0.15, 0.2) is 36.4 Å². The van der Waals surface area contributed by atoms with E-state index in [0.717, 1.165) is 17.5 Å². The van der Waals surface area contributed by atoms with E-state index < -0.39 is 11.6 Å². The lowest BCUT2D eigenvalue weighted by atomic mass is 9.88. The maximum Gasteiger partial charge on any atom is 0.325 e. The number of imide groups is 1. The van der Waals surface area contributed by atoms with Crippen LogP contribution in [0.25, 0.3) is 0 Å². The van der Waals surface area contributed by atoms with Gasteiger partial charge in [-0.25, -0.2) is 4.79 Å². The van der Waals surface area contributed by atoms with Gasteiger partial charge in [0.05, 0.1) is 24.8 Å². The highest BCUT2D eigenvalue weighted by Crippen LogP contribution is 2.39. The van der Waals surface area contributed by atoms with Crippen LogP contribution in [0.3, 0.4) is 0 Å². The summed E-state index contributed by atoms with van der Waals surface area (Å²) in [6.45, 7) is 4.82. The molecule has 2 aromatic rings. The predicted molar refractivity (Wildman–Crippen MR) is 105 cm³/mol. The molecule has 0 saturated carbocycles. The van der Waals surface area contributed by atoms with Crippen molar-refractivity contribution in [2.45, 2.75) is 32.4 Å². The Kier molecular flexibility index (Phi) is 4.67. The first-order valence-corrected chi connectivity index (χ1v) is 9.56. The SMILES string of the molecule is Cc1ccccc1C1(C)NC(=O)N(Cc2cc(Cl)c3c(c2)OCCCO3)C1=O. The first-order valence-electron chi connectivity index (χ1n) is 9.18. The van der Waals surface area contributed by atoms with E-state index in [2.05, 4.69) is 5.32 Å². The number of nitrogens with zero attached hydrogens (tertiary/aromatic N) is 1. The summed E-state index contributed by atoms with van der Waals surface area (Å²) in [5, 5.41) is 3.25.